The molecular weight excluding hydrogens is 318 g/mol. The van der Waals surface area contributed by atoms with Crippen molar-refractivity contribution in [3.8, 4) is 5.75 Å². The third-order valence-corrected chi connectivity index (χ3v) is 4.32. The molecule has 1 aromatic carbocycles. The van der Waals surface area contributed by atoms with Crippen molar-refractivity contribution in [1.29, 1.82) is 0 Å². The molecule has 0 heterocycles. The smallest absolute Gasteiger partial charge is 0.387 e. The Labute approximate surface area is 140 Å². The van der Waals surface area contributed by atoms with Crippen LogP contribution in [0.3, 0.4) is 0 Å². The zero-order chi connectivity index (χ0) is 17.6. The molecule has 0 aliphatic heterocycles. The standard InChI is InChI=1S/C17H24F2N2O3/c1-12(13-5-7-14(8-6-13)24-15(18)19)21-16(22)20-11-17(23)9-3-2-4-10-17/h5-8,12,15,23H,2-4,9-11H2,1H3,(H2,20,21,22). The Kier molecular flexibility index (Phi) is 6.36. The maximum atomic E-state index is 12.1. The highest BCUT2D eigenvalue weighted by Crippen LogP contribution is 2.27. The molecule has 0 radical (unpaired) electrons. The molecule has 2 rings (SSSR count). The van der Waals surface area contributed by atoms with Crippen LogP contribution in [0.1, 0.15) is 50.6 Å². The van der Waals surface area contributed by atoms with Crippen LogP contribution < -0.4 is 15.4 Å². The van der Waals surface area contributed by atoms with Gasteiger partial charge < -0.3 is 20.5 Å². The van der Waals surface area contributed by atoms with Gasteiger partial charge in [0.15, 0.2) is 0 Å². The van der Waals surface area contributed by atoms with E-state index in [0.717, 1.165) is 24.8 Å². The summed E-state index contributed by atoms with van der Waals surface area (Å²) in [5, 5.41) is 15.8. The Balaban J connectivity index is 1.80. The van der Waals surface area contributed by atoms with Crippen LogP contribution in [0.2, 0.25) is 0 Å². The number of ether oxygens (including phenoxy) is 1. The molecule has 0 saturated heterocycles. The summed E-state index contributed by atoms with van der Waals surface area (Å²) in [7, 11) is 0. The molecule has 7 heteroatoms. The minimum absolute atomic E-state index is 0.0740. The van der Waals surface area contributed by atoms with E-state index < -0.39 is 12.2 Å². The average Bonchev–Trinajstić information content (AvgIpc) is 2.54. The van der Waals surface area contributed by atoms with Crippen molar-refractivity contribution in [3.63, 3.8) is 0 Å². The van der Waals surface area contributed by atoms with E-state index in [1.807, 2.05) is 0 Å². The first kappa shape index (κ1) is 18.4. The van der Waals surface area contributed by atoms with E-state index in [2.05, 4.69) is 15.4 Å². The molecule has 1 fully saturated rings. The Morgan fingerprint density at radius 3 is 2.46 bits per heavy atom. The van der Waals surface area contributed by atoms with E-state index in [0.29, 0.717) is 12.8 Å². The fourth-order valence-electron chi connectivity index (χ4n) is 2.90. The maximum absolute atomic E-state index is 12.1. The van der Waals surface area contributed by atoms with Crippen LogP contribution in [0, 0.1) is 0 Å². The largest absolute Gasteiger partial charge is 0.435 e. The number of rotatable bonds is 6. The molecule has 1 saturated carbocycles. The molecule has 2 amide bonds. The van der Waals surface area contributed by atoms with E-state index in [9.17, 15) is 18.7 Å². The Bertz CT molecular complexity index is 531. The van der Waals surface area contributed by atoms with Crippen molar-refractivity contribution >= 4 is 6.03 Å². The molecule has 1 aliphatic carbocycles. The summed E-state index contributed by atoms with van der Waals surface area (Å²) >= 11 is 0. The molecule has 0 bridgehead atoms. The molecule has 24 heavy (non-hydrogen) atoms. The number of urea groups is 1. The van der Waals surface area contributed by atoms with Gasteiger partial charge >= 0.3 is 12.6 Å². The highest BCUT2D eigenvalue weighted by atomic mass is 19.3. The molecule has 0 aromatic heterocycles. The van der Waals surface area contributed by atoms with Gasteiger partial charge in [0.25, 0.3) is 0 Å². The predicted molar refractivity (Wildman–Crippen MR) is 86.1 cm³/mol. The van der Waals surface area contributed by atoms with Gasteiger partial charge in [0.05, 0.1) is 11.6 Å². The Morgan fingerprint density at radius 2 is 1.88 bits per heavy atom. The lowest BCUT2D eigenvalue weighted by Gasteiger charge is -2.32. The summed E-state index contributed by atoms with van der Waals surface area (Å²) in [6, 6.07) is 5.44. The van der Waals surface area contributed by atoms with Crippen molar-refractivity contribution in [3.05, 3.63) is 29.8 Å². The lowest BCUT2D eigenvalue weighted by Crippen LogP contribution is -2.47. The first-order valence-electron chi connectivity index (χ1n) is 8.19. The third-order valence-electron chi connectivity index (χ3n) is 4.32. The van der Waals surface area contributed by atoms with Gasteiger partial charge in [-0.1, -0.05) is 31.4 Å². The summed E-state index contributed by atoms with van der Waals surface area (Å²) in [5.74, 6) is 0.0740. The van der Waals surface area contributed by atoms with Crippen molar-refractivity contribution in [2.75, 3.05) is 6.54 Å². The number of aliphatic hydroxyl groups is 1. The van der Waals surface area contributed by atoms with Gasteiger partial charge in [-0.15, -0.1) is 0 Å². The van der Waals surface area contributed by atoms with Gasteiger partial charge in [0, 0.05) is 6.54 Å². The maximum Gasteiger partial charge on any atom is 0.387 e. The van der Waals surface area contributed by atoms with Gasteiger partial charge in [-0.25, -0.2) is 4.79 Å². The number of hydrogen-bond donors (Lipinski definition) is 3. The van der Waals surface area contributed by atoms with Crippen molar-refractivity contribution in [2.24, 2.45) is 0 Å². The van der Waals surface area contributed by atoms with E-state index >= 15 is 0 Å². The van der Waals surface area contributed by atoms with Crippen LogP contribution in [-0.2, 0) is 0 Å². The SMILES string of the molecule is CC(NC(=O)NCC1(O)CCCCC1)c1ccc(OC(F)F)cc1. The van der Waals surface area contributed by atoms with Gasteiger partial charge in [-0.05, 0) is 37.5 Å². The monoisotopic (exact) mass is 342 g/mol. The topological polar surface area (TPSA) is 70.6 Å². The van der Waals surface area contributed by atoms with Gasteiger partial charge in [-0.2, -0.15) is 8.78 Å². The minimum Gasteiger partial charge on any atom is -0.435 e. The molecular formula is C17H24F2N2O3. The Hall–Kier alpha value is -1.89. The number of hydrogen-bond acceptors (Lipinski definition) is 3. The van der Waals surface area contributed by atoms with Crippen molar-refractivity contribution < 1.29 is 23.4 Å². The number of alkyl halides is 2. The zero-order valence-electron chi connectivity index (χ0n) is 13.7. The molecule has 1 aliphatic rings. The quantitative estimate of drug-likeness (QED) is 0.742. The summed E-state index contributed by atoms with van der Waals surface area (Å²) in [5.41, 5.74) is -0.0456. The summed E-state index contributed by atoms with van der Waals surface area (Å²) < 4.78 is 28.5. The second kappa shape index (κ2) is 8.28. The number of carbonyl (C=O) groups is 1. The van der Waals surface area contributed by atoms with Crippen LogP contribution in [0.5, 0.6) is 5.75 Å². The number of amides is 2. The lowest BCUT2D eigenvalue weighted by molar-refractivity contribution is -0.0498. The van der Waals surface area contributed by atoms with Crippen LogP contribution in [0.15, 0.2) is 24.3 Å². The van der Waals surface area contributed by atoms with Gasteiger partial charge in [-0.3, -0.25) is 0 Å². The number of carbonyl (C=O) groups excluding carboxylic acids is 1. The molecule has 1 atom stereocenters. The van der Waals surface area contributed by atoms with Crippen LogP contribution >= 0.6 is 0 Å². The Morgan fingerprint density at radius 1 is 1.25 bits per heavy atom. The molecule has 0 spiro atoms. The van der Waals surface area contributed by atoms with Gasteiger partial charge in [0.2, 0.25) is 0 Å². The number of nitrogens with one attached hydrogen (secondary N) is 2. The van der Waals surface area contributed by atoms with E-state index in [4.69, 9.17) is 0 Å². The third kappa shape index (κ3) is 5.63. The summed E-state index contributed by atoms with van der Waals surface area (Å²) in [4.78, 5) is 12.0. The second-order valence-corrected chi connectivity index (χ2v) is 6.28. The van der Waals surface area contributed by atoms with Crippen molar-refractivity contribution in [2.45, 2.75) is 57.3 Å². The van der Waals surface area contributed by atoms with E-state index in [-0.39, 0.29) is 24.4 Å². The fraction of sp³-hybridized carbons (Fsp3) is 0.588. The van der Waals surface area contributed by atoms with Gasteiger partial charge in [0.1, 0.15) is 5.75 Å². The first-order valence-corrected chi connectivity index (χ1v) is 8.19. The molecule has 3 N–H and O–H groups in total. The summed E-state index contributed by atoms with van der Waals surface area (Å²) in [6.45, 7) is -0.840. The molecule has 134 valence electrons. The molecule has 1 unspecified atom stereocenters. The zero-order valence-corrected chi connectivity index (χ0v) is 13.7. The van der Waals surface area contributed by atoms with E-state index in [1.54, 1.807) is 19.1 Å². The molecule has 5 nitrogen and oxygen atoms in total. The number of halogens is 2. The van der Waals surface area contributed by atoms with Crippen LogP contribution in [-0.4, -0.2) is 29.9 Å². The molecule has 1 aromatic rings. The highest BCUT2D eigenvalue weighted by molar-refractivity contribution is 5.74. The highest BCUT2D eigenvalue weighted by Gasteiger charge is 2.29. The average molecular weight is 342 g/mol. The van der Waals surface area contributed by atoms with Crippen LogP contribution in [0.25, 0.3) is 0 Å². The van der Waals surface area contributed by atoms with E-state index in [1.165, 1.54) is 12.1 Å². The normalized spacial score (nSPS) is 18.0. The predicted octanol–water partition coefficient (Wildman–Crippen LogP) is 3.34. The van der Waals surface area contributed by atoms with Crippen molar-refractivity contribution in [1.82, 2.24) is 10.6 Å². The lowest BCUT2D eigenvalue weighted by atomic mass is 9.85. The second-order valence-electron chi connectivity index (χ2n) is 6.28. The fourth-order valence-corrected chi connectivity index (χ4v) is 2.90. The first-order chi connectivity index (χ1) is 11.4. The minimum atomic E-state index is -2.86. The summed E-state index contributed by atoms with van der Waals surface area (Å²) in [6.07, 6.45) is 4.48. The number of benzene rings is 1. The van der Waals surface area contributed by atoms with Crippen LogP contribution in [0.4, 0.5) is 13.6 Å².